The molecule has 2 heterocycles. The first-order valence-corrected chi connectivity index (χ1v) is 3.49. The second kappa shape index (κ2) is 2.47. The largest absolute Gasteiger partial charge is 0.336 e. The second-order valence-electron chi connectivity index (χ2n) is 2.14. The minimum absolute atomic E-state index is 0.326. The fourth-order valence-electron chi connectivity index (χ4n) is 0.880. The molecule has 0 saturated carbocycles. The number of nitrogens with zero attached hydrogens (tertiary/aromatic N) is 3. The lowest BCUT2D eigenvalue weighted by molar-refractivity contribution is 0.448. The predicted octanol–water partition coefficient (Wildman–Crippen LogP) is 1.75. The number of aromatic nitrogens is 2. The van der Waals surface area contributed by atoms with Crippen LogP contribution in [0.4, 0.5) is 0 Å². The van der Waals surface area contributed by atoms with Gasteiger partial charge >= 0.3 is 0 Å². The molecular formula is C7H2ClN3O. The SMILES string of the molecule is N#Cc1cnc2oncc2c1Cl. The van der Waals surface area contributed by atoms with Gasteiger partial charge in [0.2, 0.25) is 0 Å². The molecule has 0 fully saturated rings. The zero-order valence-corrected chi connectivity index (χ0v) is 6.54. The molecule has 0 saturated heterocycles. The summed E-state index contributed by atoms with van der Waals surface area (Å²) in [6.07, 6.45) is 2.79. The van der Waals surface area contributed by atoms with E-state index in [-0.39, 0.29) is 0 Å². The number of rotatable bonds is 0. The number of halogens is 1. The molecule has 12 heavy (non-hydrogen) atoms. The molecule has 0 aromatic carbocycles. The second-order valence-corrected chi connectivity index (χ2v) is 2.52. The van der Waals surface area contributed by atoms with E-state index >= 15 is 0 Å². The lowest BCUT2D eigenvalue weighted by Gasteiger charge is -1.91. The van der Waals surface area contributed by atoms with Crippen LogP contribution < -0.4 is 0 Å². The van der Waals surface area contributed by atoms with Gasteiger partial charge < -0.3 is 4.52 Å². The van der Waals surface area contributed by atoms with Crippen molar-refractivity contribution in [2.75, 3.05) is 0 Å². The molecule has 0 bridgehead atoms. The van der Waals surface area contributed by atoms with Crippen LogP contribution in [0.15, 0.2) is 16.9 Å². The van der Waals surface area contributed by atoms with Gasteiger partial charge in [-0.3, -0.25) is 0 Å². The van der Waals surface area contributed by atoms with Crippen LogP contribution >= 0.6 is 11.6 Å². The smallest absolute Gasteiger partial charge is 0.259 e. The molecule has 2 rings (SSSR count). The summed E-state index contributed by atoms with van der Waals surface area (Å²) < 4.78 is 4.74. The molecule has 0 aliphatic carbocycles. The Morgan fingerprint density at radius 2 is 2.33 bits per heavy atom. The first-order chi connectivity index (χ1) is 5.83. The quantitative estimate of drug-likeness (QED) is 0.618. The first-order valence-electron chi connectivity index (χ1n) is 3.12. The Morgan fingerprint density at radius 3 is 3.08 bits per heavy atom. The van der Waals surface area contributed by atoms with Crippen LogP contribution in [0.2, 0.25) is 5.02 Å². The average molecular weight is 180 g/mol. The number of hydrogen-bond donors (Lipinski definition) is 0. The highest BCUT2D eigenvalue weighted by molar-refractivity contribution is 6.36. The normalized spacial score (nSPS) is 10.0. The summed E-state index contributed by atoms with van der Waals surface area (Å²) in [7, 11) is 0. The van der Waals surface area contributed by atoms with Crippen LogP contribution in [0.5, 0.6) is 0 Å². The highest BCUT2D eigenvalue weighted by Gasteiger charge is 2.08. The molecule has 0 spiro atoms. The van der Waals surface area contributed by atoms with Gasteiger partial charge in [-0.15, -0.1) is 0 Å². The minimum Gasteiger partial charge on any atom is -0.336 e. The van der Waals surface area contributed by atoms with E-state index in [1.54, 1.807) is 0 Å². The monoisotopic (exact) mass is 179 g/mol. The standard InChI is InChI=1S/C7H2ClN3O/c8-6-4(1-9)2-10-7-5(6)3-11-12-7/h2-3H. The number of pyridine rings is 1. The number of fused-ring (bicyclic) bond motifs is 1. The Kier molecular flexibility index (Phi) is 1.45. The summed E-state index contributed by atoms with van der Waals surface area (Å²) in [6.45, 7) is 0. The summed E-state index contributed by atoms with van der Waals surface area (Å²) in [5, 5.41) is 13.0. The third-order valence-electron chi connectivity index (χ3n) is 1.46. The third kappa shape index (κ3) is 0.840. The molecule has 0 aliphatic rings. The van der Waals surface area contributed by atoms with Crippen LogP contribution in [-0.4, -0.2) is 10.1 Å². The Labute approximate surface area is 72.4 Å². The molecule has 4 nitrogen and oxygen atoms in total. The maximum absolute atomic E-state index is 8.59. The molecule has 0 radical (unpaired) electrons. The van der Waals surface area contributed by atoms with Gasteiger partial charge in [0, 0.05) is 0 Å². The molecule has 0 amide bonds. The lowest BCUT2D eigenvalue weighted by Crippen LogP contribution is -1.80. The summed E-state index contributed by atoms with van der Waals surface area (Å²) in [4.78, 5) is 3.84. The summed E-state index contributed by atoms with van der Waals surface area (Å²) >= 11 is 5.82. The maximum atomic E-state index is 8.59. The molecule has 0 aliphatic heterocycles. The minimum atomic E-state index is 0.326. The topological polar surface area (TPSA) is 62.7 Å². The van der Waals surface area contributed by atoms with E-state index in [4.69, 9.17) is 21.4 Å². The zero-order chi connectivity index (χ0) is 8.55. The average Bonchev–Trinajstić information content (AvgIpc) is 2.53. The fraction of sp³-hybridized carbons (Fsp3) is 0. The summed E-state index contributed by atoms with van der Waals surface area (Å²) in [6, 6.07) is 1.91. The van der Waals surface area contributed by atoms with Gasteiger partial charge in [-0.2, -0.15) is 5.26 Å². The number of hydrogen-bond acceptors (Lipinski definition) is 4. The van der Waals surface area contributed by atoms with Crippen molar-refractivity contribution in [3.05, 3.63) is 23.0 Å². The van der Waals surface area contributed by atoms with Gasteiger partial charge in [0.25, 0.3) is 5.71 Å². The van der Waals surface area contributed by atoms with Gasteiger partial charge in [0.15, 0.2) is 0 Å². The molecule has 5 heteroatoms. The van der Waals surface area contributed by atoms with Crippen LogP contribution in [-0.2, 0) is 0 Å². The van der Waals surface area contributed by atoms with Crippen molar-refractivity contribution in [2.45, 2.75) is 0 Å². The van der Waals surface area contributed by atoms with Crippen molar-refractivity contribution in [3.63, 3.8) is 0 Å². The summed E-state index contributed by atoms with van der Waals surface area (Å²) in [5.41, 5.74) is 0.673. The van der Waals surface area contributed by atoms with E-state index in [1.807, 2.05) is 6.07 Å². The van der Waals surface area contributed by atoms with E-state index in [9.17, 15) is 0 Å². The van der Waals surface area contributed by atoms with Crippen molar-refractivity contribution >= 4 is 22.7 Å². The van der Waals surface area contributed by atoms with Gasteiger partial charge in [-0.1, -0.05) is 16.8 Å². The Morgan fingerprint density at radius 1 is 1.50 bits per heavy atom. The van der Waals surface area contributed by atoms with Gasteiger partial charge in [-0.25, -0.2) is 4.98 Å². The first kappa shape index (κ1) is 7.07. The molecule has 2 aromatic rings. The Bertz CT molecular complexity index is 471. The third-order valence-corrected chi connectivity index (χ3v) is 1.86. The highest BCUT2D eigenvalue weighted by Crippen LogP contribution is 2.24. The molecule has 0 unspecified atom stereocenters. The van der Waals surface area contributed by atoms with Crippen LogP contribution in [0, 0.1) is 11.3 Å². The molecule has 58 valence electrons. The molecule has 0 N–H and O–H groups in total. The van der Waals surface area contributed by atoms with Gasteiger partial charge in [0.05, 0.1) is 28.4 Å². The van der Waals surface area contributed by atoms with Gasteiger partial charge in [-0.05, 0) is 0 Å². The maximum Gasteiger partial charge on any atom is 0.259 e. The van der Waals surface area contributed by atoms with Crippen molar-refractivity contribution < 1.29 is 4.52 Å². The Balaban J connectivity index is 2.89. The van der Waals surface area contributed by atoms with E-state index in [0.29, 0.717) is 21.7 Å². The van der Waals surface area contributed by atoms with Crippen LogP contribution in [0.25, 0.3) is 11.1 Å². The summed E-state index contributed by atoms with van der Waals surface area (Å²) in [5.74, 6) is 0. The van der Waals surface area contributed by atoms with Crippen molar-refractivity contribution in [1.82, 2.24) is 10.1 Å². The van der Waals surface area contributed by atoms with E-state index in [0.717, 1.165) is 0 Å². The molecule has 0 atom stereocenters. The van der Waals surface area contributed by atoms with Crippen LogP contribution in [0.3, 0.4) is 0 Å². The molecule has 2 aromatic heterocycles. The van der Waals surface area contributed by atoms with E-state index in [2.05, 4.69) is 10.1 Å². The van der Waals surface area contributed by atoms with Crippen molar-refractivity contribution in [2.24, 2.45) is 0 Å². The van der Waals surface area contributed by atoms with Crippen molar-refractivity contribution in [3.8, 4) is 6.07 Å². The molecular weight excluding hydrogens is 178 g/mol. The predicted molar refractivity (Wildman–Crippen MR) is 41.5 cm³/mol. The van der Waals surface area contributed by atoms with E-state index in [1.165, 1.54) is 12.4 Å². The zero-order valence-electron chi connectivity index (χ0n) is 5.78. The van der Waals surface area contributed by atoms with Crippen LogP contribution in [0.1, 0.15) is 5.56 Å². The number of nitriles is 1. The Hall–Kier alpha value is -1.60. The van der Waals surface area contributed by atoms with Crippen molar-refractivity contribution in [1.29, 1.82) is 5.26 Å². The lowest BCUT2D eigenvalue weighted by atomic mass is 10.2. The fourth-order valence-corrected chi connectivity index (χ4v) is 1.10. The van der Waals surface area contributed by atoms with Gasteiger partial charge in [0.1, 0.15) is 6.07 Å². The van der Waals surface area contributed by atoms with E-state index < -0.39 is 0 Å². The highest BCUT2D eigenvalue weighted by atomic mass is 35.5.